The van der Waals surface area contributed by atoms with Crippen LogP contribution in [0.25, 0.3) is 0 Å². The third kappa shape index (κ3) is 4.19. The molecule has 1 N–H and O–H groups in total. The Morgan fingerprint density at radius 1 is 1.41 bits per heavy atom. The lowest BCUT2D eigenvalue weighted by atomic mass is 9.95. The van der Waals surface area contributed by atoms with Gasteiger partial charge in [0.2, 0.25) is 0 Å². The van der Waals surface area contributed by atoms with Gasteiger partial charge in [-0.1, -0.05) is 18.2 Å². The fourth-order valence-corrected chi connectivity index (χ4v) is 2.24. The Morgan fingerprint density at radius 2 is 2.23 bits per heavy atom. The summed E-state index contributed by atoms with van der Waals surface area (Å²) >= 11 is 0. The number of carbonyl (C=O) groups excluding carboxylic acids is 2. The summed E-state index contributed by atoms with van der Waals surface area (Å²) in [4.78, 5) is 24.0. The van der Waals surface area contributed by atoms with Gasteiger partial charge in [-0.2, -0.15) is 5.26 Å². The van der Waals surface area contributed by atoms with E-state index in [0.717, 1.165) is 12.8 Å². The first-order valence-corrected chi connectivity index (χ1v) is 7.26. The molecule has 5 nitrogen and oxygen atoms in total. The molecule has 22 heavy (non-hydrogen) atoms. The highest BCUT2D eigenvalue weighted by Gasteiger charge is 2.25. The van der Waals surface area contributed by atoms with Gasteiger partial charge in [0.05, 0.1) is 17.6 Å². The molecule has 0 bridgehead atoms. The van der Waals surface area contributed by atoms with E-state index in [0.29, 0.717) is 17.7 Å². The average Bonchev–Trinajstić information content (AvgIpc) is 2.55. The van der Waals surface area contributed by atoms with E-state index in [-0.39, 0.29) is 11.9 Å². The number of amides is 1. The summed E-state index contributed by atoms with van der Waals surface area (Å²) in [6, 6.07) is 8.58. The zero-order valence-electron chi connectivity index (χ0n) is 12.4. The minimum atomic E-state index is -0.871. The summed E-state index contributed by atoms with van der Waals surface area (Å²) in [5.41, 5.74) is 0.962. The van der Waals surface area contributed by atoms with E-state index in [9.17, 15) is 9.59 Å². The van der Waals surface area contributed by atoms with Crippen molar-refractivity contribution in [3.63, 3.8) is 0 Å². The molecule has 1 aromatic carbocycles. The minimum absolute atomic E-state index is 0.165. The zero-order valence-corrected chi connectivity index (χ0v) is 12.4. The van der Waals surface area contributed by atoms with Gasteiger partial charge in [0.1, 0.15) is 0 Å². The molecular formula is C17H18N2O3. The fraction of sp³-hybridized carbons (Fsp3) is 0.353. The van der Waals surface area contributed by atoms with Crippen LogP contribution in [0.5, 0.6) is 0 Å². The maximum absolute atomic E-state index is 12.0. The van der Waals surface area contributed by atoms with E-state index in [1.54, 1.807) is 31.2 Å². The molecule has 0 saturated carbocycles. The van der Waals surface area contributed by atoms with Crippen molar-refractivity contribution in [3.8, 4) is 6.07 Å². The second-order valence-corrected chi connectivity index (χ2v) is 5.24. The molecule has 1 aliphatic rings. The van der Waals surface area contributed by atoms with Crippen LogP contribution >= 0.6 is 0 Å². The standard InChI is InChI=1S/C17H18N2O3/c1-12(22-17(21)14-7-3-2-4-8-14)16(20)19-15-9-5-6-13(10-15)11-18/h2-3,5-6,9-10,12,14H,4,7-8H2,1H3,(H,19,20)/t12-,14-/m0/s1. The van der Waals surface area contributed by atoms with E-state index in [1.807, 2.05) is 18.2 Å². The van der Waals surface area contributed by atoms with Gasteiger partial charge in [-0.05, 0) is 44.4 Å². The number of nitrogens with one attached hydrogen (secondary N) is 1. The molecular weight excluding hydrogens is 280 g/mol. The van der Waals surface area contributed by atoms with E-state index >= 15 is 0 Å². The molecule has 0 radical (unpaired) electrons. The van der Waals surface area contributed by atoms with Crippen LogP contribution in [0.3, 0.4) is 0 Å². The van der Waals surface area contributed by atoms with Crippen molar-refractivity contribution in [1.82, 2.24) is 0 Å². The quantitative estimate of drug-likeness (QED) is 0.684. The number of hydrogen-bond donors (Lipinski definition) is 1. The number of carbonyl (C=O) groups is 2. The van der Waals surface area contributed by atoms with Crippen LogP contribution in [0, 0.1) is 17.2 Å². The number of nitrogens with zero attached hydrogens (tertiary/aromatic N) is 1. The number of esters is 1. The second kappa shape index (κ2) is 7.41. The van der Waals surface area contributed by atoms with Gasteiger partial charge in [0.15, 0.2) is 6.10 Å². The Bertz CT molecular complexity index is 631. The number of allylic oxidation sites excluding steroid dienone is 2. The van der Waals surface area contributed by atoms with Crippen molar-refractivity contribution in [3.05, 3.63) is 42.0 Å². The highest BCUT2D eigenvalue weighted by Crippen LogP contribution is 2.20. The van der Waals surface area contributed by atoms with Crippen LogP contribution in [0.15, 0.2) is 36.4 Å². The summed E-state index contributed by atoms with van der Waals surface area (Å²) < 4.78 is 5.23. The molecule has 2 rings (SSSR count). The van der Waals surface area contributed by atoms with Crippen LogP contribution in [-0.2, 0) is 14.3 Å². The van der Waals surface area contributed by atoms with Crippen LogP contribution in [0.2, 0.25) is 0 Å². The smallest absolute Gasteiger partial charge is 0.310 e. The van der Waals surface area contributed by atoms with Gasteiger partial charge in [0, 0.05) is 5.69 Å². The first kappa shape index (κ1) is 15.8. The van der Waals surface area contributed by atoms with Crippen molar-refractivity contribution >= 4 is 17.6 Å². The number of ether oxygens (including phenoxy) is 1. The highest BCUT2D eigenvalue weighted by atomic mass is 16.5. The summed E-state index contributed by atoms with van der Waals surface area (Å²) in [5, 5.41) is 11.5. The Labute approximate surface area is 129 Å². The van der Waals surface area contributed by atoms with Gasteiger partial charge in [-0.3, -0.25) is 9.59 Å². The summed E-state index contributed by atoms with van der Waals surface area (Å²) in [5.74, 6) is -0.908. The number of hydrogen-bond acceptors (Lipinski definition) is 4. The number of nitriles is 1. The van der Waals surface area contributed by atoms with Crippen molar-refractivity contribution in [2.75, 3.05) is 5.32 Å². The summed E-state index contributed by atoms with van der Waals surface area (Å²) in [7, 11) is 0. The molecule has 0 spiro atoms. The normalized spacial score (nSPS) is 18.1. The van der Waals surface area contributed by atoms with Crippen molar-refractivity contribution in [1.29, 1.82) is 5.26 Å². The SMILES string of the molecule is C[C@H](OC(=O)[C@H]1CC=CCC1)C(=O)Nc1cccc(C#N)c1. The maximum Gasteiger partial charge on any atom is 0.310 e. The molecule has 1 amide bonds. The molecule has 1 aliphatic carbocycles. The predicted molar refractivity (Wildman–Crippen MR) is 81.8 cm³/mol. The minimum Gasteiger partial charge on any atom is -0.452 e. The predicted octanol–water partition coefficient (Wildman–Crippen LogP) is 2.78. The molecule has 0 heterocycles. The van der Waals surface area contributed by atoms with E-state index in [4.69, 9.17) is 10.00 Å². The Kier molecular flexibility index (Phi) is 5.31. The highest BCUT2D eigenvalue weighted by molar-refractivity contribution is 5.95. The number of benzene rings is 1. The van der Waals surface area contributed by atoms with Crippen molar-refractivity contribution in [2.45, 2.75) is 32.3 Å². The third-order valence-corrected chi connectivity index (χ3v) is 3.52. The topological polar surface area (TPSA) is 79.2 Å². The van der Waals surface area contributed by atoms with Gasteiger partial charge in [-0.25, -0.2) is 0 Å². The molecule has 0 saturated heterocycles. The van der Waals surface area contributed by atoms with Gasteiger partial charge in [-0.15, -0.1) is 0 Å². The van der Waals surface area contributed by atoms with E-state index in [2.05, 4.69) is 5.32 Å². The molecule has 114 valence electrons. The third-order valence-electron chi connectivity index (χ3n) is 3.52. The van der Waals surface area contributed by atoms with Gasteiger partial charge in [0.25, 0.3) is 5.91 Å². The zero-order chi connectivity index (χ0) is 15.9. The first-order valence-electron chi connectivity index (χ1n) is 7.26. The Morgan fingerprint density at radius 3 is 2.91 bits per heavy atom. The van der Waals surface area contributed by atoms with Crippen molar-refractivity contribution < 1.29 is 14.3 Å². The molecule has 5 heteroatoms. The second-order valence-electron chi connectivity index (χ2n) is 5.24. The Balaban J connectivity index is 1.90. The fourth-order valence-electron chi connectivity index (χ4n) is 2.24. The number of rotatable bonds is 4. The molecule has 0 unspecified atom stereocenters. The average molecular weight is 298 g/mol. The molecule has 0 fully saturated rings. The molecule has 1 aromatic rings. The Hall–Kier alpha value is -2.61. The lowest BCUT2D eigenvalue weighted by molar-refractivity contribution is -0.157. The summed E-state index contributed by atoms with van der Waals surface area (Å²) in [6.45, 7) is 1.54. The summed E-state index contributed by atoms with van der Waals surface area (Å²) in [6.07, 6.45) is 5.42. The number of anilines is 1. The first-order chi connectivity index (χ1) is 10.6. The molecule has 2 atom stereocenters. The van der Waals surface area contributed by atoms with Crippen LogP contribution in [0.4, 0.5) is 5.69 Å². The van der Waals surface area contributed by atoms with Crippen molar-refractivity contribution in [2.24, 2.45) is 5.92 Å². The lowest BCUT2D eigenvalue weighted by Gasteiger charge is -2.19. The van der Waals surface area contributed by atoms with Crippen LogP contribution in [0.1, 0.15) is 31.7 Å². The monoisotopic (exact) mass is 298 g/mol. The van der Waals surface area contributed by atoms with Gasteiger partial charge >= 0.3 is 5.97 Å². The van der Waals surface area contributed by atoms with Gasteiger partial charge < -0.3 is 10.1 Å². The van der Waals surface area contributed by atoms with E-state index < -0.39 is 12.0 Å². The maximum atomic E-state index is 12.0. The lowest BCUT2D eigenvalue weighted by Crippen LogP contribution is -2.32. The van der Waals surface area contributed by atoms with Crippen LogP contribution in [-0.4, -0.2) is 18.0 Å². The van der Waals surface area contributed by atoms with Crippen LogP contribution < -0.4 is 5.32 Å². The molecule has 0 aromatic heterocycles. The van der Waals surface area contributed by atoms with E-state index in [1.165, 1.54) is 0 Å². The largest absolute Gasteiger partial charge is 0.452 e. The molecule has 0 aliphatic heterocycles.